The molecule has 3 aromatic heterocycles. The Bertz CT molecular complexity index is 905. The molecule has 0 spiro atoms. The number of fused-ring (bicyclic) bond motifs is 1. The average Bonchev–Trinajstić information content (AvgIpc) is 3.27. The number of aromatic nitrogens is 4. The Labute approximate surface area is 149 Å². The minimum atomic E-state index is -0.571. The molecule has 1 amide bonds. The number of halogens is 1. The number of aliphatic hydroxyl groups is 1. The molecule has 3 aromatic rings. The number of carbonyl (C=O) groups is 1. The van der Waals surface area contributed by atoms with Crippen LogP contribution >= 0.6 is 11.6 Å². The number of rotatable bonds is 4. The van der Waals surface area contributed by atoms with Crippen LogP contribution in [0.5, 0.6) is 0 Å². The maximum atomic E-state index is 12.6. The molecular formula is C17H18ClN5O2. The molecule has 0 radical (unpaired) electrons. The van der Waals surface area contributed by atoms with Crippen LogP contribution in [-0.4, -0.2) is 42.9 Å². The molecule has 3 heterocycles. The number of amides is 1. The lowest BCUT2D eigenvalue weighted by Gasteiger charge is -2.16. The Hall–Kier alpha value is -2.38. The molecule has 3 N–H and O–H groups in total. The summed E-state index contributed by atoms with van der Waals surface area (Å²) in [6, 6.07) is 3.40. The number of H-pyrrole nitrogens is 1. The second kappa shape index (κ2) is 6.50. The van der Waals surface area contributed by atoms with Gasteiger partial charge >= 0.3 is 0 Å². The molecule has 25 heavy (non-hydrogen) atoms. The van der Waals surface area contributed by atoms with Crippen LogP contribution in [-0.2, 0) is 6.54 Å². The highest BCUT2D eigenvalue weighted by molar-refractivity contribution is 6.30. The van der Waals surface area contributed by atoms with Gasteiger partial charge in [0.15, 0.2) is 0 Å². The summed E-state index contributed by atoms with van der Waals surface area (Å²) in [6.07, 6.45) is 7.40. The molecule has 0 aliphatic heterocycles. The molecule has 1 saturated carbocycles. The quantitative estimate of drug-likeness (QED) is 0.663. The smallest absolute Gasteiger partial charge is 0.255 e. The number of aliphatic hydroxyl groups excluding tert-OH is 1. The monoisotopic (exact) mass is 359 g/mol. The molecule has 4 rings (SSSR count). The van der Waals surface area contributed by atoms with Crippen LogP contribution in [0.1, 0.15) is 23.2 Å². The van der Waals surface area contributed by atoms with Crippen LogP contribution in [0.4, 0.5) is 0 Å². The molecule has 0 bridgehead atoms. The van der Waals surface area contributed by atoms with Crippen LogP contribution in [0.25, 0.3) is 11.0 Å². The molecule has 1 unspecified atom stereocenters. The summed E-state index contributed by atoms with van der Waals surface area (Å²) in [5.41, 5.74) is 1.94. The molecule has 7 nitrogen and oxygen atoms in total. The zero-order valence-electron chi connectivity index (χ0n) is 13.4. The van der Waals surface area contributed by atoms with Crippen LogP contribution in [0, 0.1) is 5.92 Å². The van der Waals surface area contributed by atoms with E-state index in [1.165, 1.54) is 0 Å². The summed E-state index contributed by atoms with van der Waals surface area (Å²) in [6.45, 7) is 0.671. The van der Waals surface area contributed by atoms with Crippen molar-refractivity contribution in [3.8, 4) is 0 Å². The lowest BCUT2D eigenvalue weighted by atomic mass is 10.1. The van der Waals surface area contributed by atoms with Crippen LogP contribution in [0.15, 0.2) is 36.9 Å². The third kappa shape index (κ3) is 3.25. The highest BCUT2D eigenvalue weighted by atomic mass is 35.5. The molecule has 0 aromatic carbocycles. The van der Waals surface area contributed by atoms with E-state index in [4.69, 9.17) is 11.6 Å². The van der Waals surface area contributed by atoms with E-state index in [0.29, 0.717) is 35.5 Å². The van der Waals surface area contributed by atoms with Gasteiger partial charge in [-0.2, -0.15) is 5.10 Å². The molecule has 8 heteroatoms. The Morgan fingerprint density at radius 2 is 2.36 bits per heavy atom. The van der Waals surface area contributed by atoms with Crippen LogP contribution in [0.2, 0.25) is 5.02 Å². The third-order valence-corrected chi connectivity index (χ3v) is 4.86. The molecule has 1 aliphatic carbocycles. The molecule has 3 atom stereocenters. The Morgan fingerprint density at radius 1 is 1.48 bits per heavy atom. The van der Waals surface area contributed by atoms with Crippen LogP contribution in [0.3, 0.4) is 0 Å². The first-order valence-corrected chi connectivity index (χ1v) is 8.57. The predicted molar refractivity (Wildman–Crippen MR) is 93.3 cm³/mol. The summed E-state index contributed by atoms with van der Waals surface area (Å²) in [7, 11) is 0. The van der Waals surface area contributed by atoms with Crippen molar-refractivity contribution in [3.05, 3.63) is 47.5 Å². The number of aromatic amines is 1. The minimum absolute atomic E-state index is 0.225. The van der Waals surface area contributed by atoms with Crippen LogP contribution < -0.4 is 5.32 Å². The lowest BCUT2D eigenvalue weighted by Crippen LogP contribution is -2.39. The Kier molecular flexibility index (Phi) is 4.19. The SMILES string of the molecule is O=C(N[C@@H]1CC(Cn2cc(Cl)cn2)C[C@H]1O)c1c[nH]c2cccnc12. The van der Waals surface area contributed by atoms with E-state index < -0.39 is 6.10 Å². The third-order valence-electron chi connectivity index (χ3n) is 4.67. The number of nitrogens with zero attached hydrogens (tertiary/aromatic N) is 3. The van der Waals surface area contributed by atoms with Crippen molar-refractivity contribution in [2.24, 2.45) is 5.92 Å². The number of nitrogens with one attached hydrogen (secondary N) is 2. The van der Waals surface area contributed by atoms with Crippen molar-refractivity contribution >= 4 is 28.5 Å². The van der Waals surface area contributed by atoms with Crippen molar-refractivity contribution in [1.82, 2.24) is 25.1 Å². The van der Waals surface area contributed by atoms with Gasteiger partial charge in [0.2, 0.25) is 0 Å². The topological polar surface area (TPSA) is 95.8 Å². The standard InChI is InChI=1S/C17H18ClN5O2/c18-11-6-21-23(9-11)8-10-4-14(15(24)5-10)22-17(25)12-7-20-13-2-1-3-19-16(12)13/h1-3,6-7,9-10,14-15,20,24H,4-5,8H2,(H,22,25)/t10?,14-,15-/m1/s1. The highest BCUT2D eigenvalue weighted by Gasteiger charge is 2.34. The van der Waals surface area contributed by atoms with Gasteiger partial charge < -0.3 is 15.4 Å². The largest absolute Gasteiger partial charge is 0.391 e. The van der Waals surface area contributed by atoms with Gasteiger partial charge in [-0.15, -0.1) is 0 Å². The van der Waals surface area contributed by atoms with Gasteiger partial charge in [-0.05, 0) is 30.9 Å². The normalized spacial score (nSPS) is 23.2. The zero-order valence-corrected chi connectivity index (χ0v) is 14.1. The summed E-state index contributed by atoms with van der Waals surface area (Å²) in [5, 5.41) is 18.0. The van der Waals surface area contributed by atoms with Gasteiger partial charge in [0.1, 0.15) is 5.52 Å². The number of hydrogen-bond acceptors (Lipinski definition) is 4. The maximum Gasteiger partial charge on any atom is 0.255 e. The molecular weight excluding hydrogens is 342 g/mol. The van der Waals surface area contributed by atoms with Crippen molar-refractivity contribution in [3.63, 3.8) is 0 Å². The van der Waals surface area contributed by atoms with E-state index >= 15 is 0 Å². The highest BCUT2D eigenvalue weighted by Crippen LogP contribution is 2.28. The first kappa shape index (κ1) is 16.1. The molecule has 0 saturated heterocycles. The average molecular weight is 360 g/mol. The van der Waals surface area contributed by atoms with Crippen molar-refractivity contribution in [2.45, 2.75) is 31.5 Å². The van der Waals surface area contributed by atoms with E-state index in [-0.39, 0.29) is 17.9 Å². The lowest BCUT2D eigenvalue weighted by molar-refractivity contribution is 0.0874. The zero-order chi connectivity index (χ0) is 17.4. The fourth-order valence-electron chi connectivity index (χ4n) is 3.50. The number of pyridine rings is 1. The second-order valence-electron chi connectivity index (χ2n) is 6.47. The fourth-order valence-corrected chi connectivity index (χ4v) is 3.66. The predicted octanol–water partition coefficient (Wildman–Crippen LogP) is 1.98. The summed E-state index contributed by atoms with van der Waals surface area (Å²) >= 11 is 5.88. The molecule has 1 fully saturated rings. The van der Waals surface area contributed by atoms with E-state index in [0.717, 1.165) is 5.52 Å². The van der Waals surface area contributed by atoms with E-state index in [1.54, 1.807) is 29.5 Å². The van der Waals surface area contributed by atoms with Gasteiger partial charge in [0.25, 0.3) is 5.91 Å². The Morgan fingerprint density at radius 3 is 3.16 bits per heavy atom. The number of hydrogen-bond donors (Lipinski definition) is 3. The van der Waals surface area contributed by atoms with E-state index in [9.17, 15) is 9.90 Å². The first-order valence-electron chi connectivity index (χ1n) is 8.19. The minimum Gasteiger partial charge on any atom is -0.391 e. The Balaban J connectivity index is 1.43. The van der Waals surface area contributed by atoms with Gasteiger partial charge in [-0.25, -0.2) is 0 Å². The van der Waals surface area contributed by atoms with Gasteiger partial charge in [0, 0.05) is 25.1 Å². The van der Waals surface area contributed by atoms with Crippen molar-refractivity contribution in [2.75, 3.05) is 0 Å². The first-order chi connectivity index (χ1) is 12.1. The van der Waals surface area contributed by atoms with Gasteiger partial charge in [0.05, 0.1) is 34.4 Å². The van der Waals surface area contributed by atoms with Gasteiger partial charge in [-0.3, -0.25) is 14.5 Å². The van der Waals surface area contributed by atoms with Crippen molar-refractivity contribution in [1.29, 1.82) is 0 Å². The molecule has 130 valence electrons. The number of carbonyl (C=O) groups excluding carboxylic acids is 1. The molecule has 1 aliphatic rings. The fraction of sp³-hybridized carbons (Fsp3) is 0.353. The van der Waals surface area contributed by atoms with Crippen molar-refractivity contribution < 1.29 is 9.90 Å². The van der Waals surface area contributed by atoms with E-state index in [1.807, 2.05) is 12.1 Å². The van der Waals surface area contributed by atoms with Gasteiger partial charge in [-0.1, -0.05) is 11.6 Å². The summed E-state index contributed by atoms with van der Waals surface area (Å²) in [5.74, 6) is 0.00847. The summed E-state index contributed by atoms with van der Waals surface area (Å²) in [4.78, 5) is 19.9. The summed E-state index contributed by atoms with van der Waals surface area (Å²) < 4.78 is 1.77. The maximum absolute atomic E-state index is 12.6. The second-order valence-corrected chi connectivity index (χ2v) is 6.90. The van der Waals surface area contributed by atoms with E-state index in [2.05, 4.69) is 20.4 Å².